The molecule has 43 heavy (non-hydrogen) atoms. The maximum atomic E-state index is 15.1. The fourth-order valence-electron chi connectivity index (χ4n) is 5.06. The minimum Gasteiger partial charge on any atom is -0.437 e. The third-order valence-electron chi connectivity index (χ3n) is 7.09. The molecule has 0 bridgehead atoms. The molecule has 0 aliphatic carbocycles. The van der Waals surface area contributed by atoms with Gasteiger partial charge in [0, 0.05) is 41.1 Å². The zero-order valence-corrected chi connectivity index (χ0v) is 25.2. The lowest BCUT2D eigenvalue weighted by Crippen LogP contribution is -2.38. The summed E-state index contributed by atoms with van der Waals surface area (Å²) in [5.41, 5.74) is 2.28. The number of nitrogens with one attached hydrogen (secondary N) is 3. The maximum Gasteiger partial charge on any atom is 0.238 e. The van der Waals surface area contributed by atoms with Crippen molar-refractivity contribution in [2.75, 3.05) is 23.1 Å². The van der Waals surface area contributed by atoms with Gasteiger partial charge in [-0.05, 0) is 69.1 Å². The van der Waals surface area contributed by atoms with Crippen LogP contribution in [0.25, 0.3) is 22.0 Å². The molecule has 0 saturated carbocycles. The number of aryl methyl sites for hydroxylation is 2. The SMILES string of the molecule is Cc1nc(CS(=O)(=O)Nc2c(F)ccc3c(Oc4ncccc4-c4ccnc(N[C@@H]5CCCNC5)n4)c(C)ccc23)cs1. The summed E-state index contributed by atoms with van der Waals surface area (Å²) in [5, 5.41) is 10.1. The Morgan fingerprint density at radius 3 is 2.72 bits per heavy atom. The van der Waals surface area contributed by atoms with Crippen molar-refractivity contribution in [1.82, 2.24) is 25.3 Å². The summed E-state index contributed by atoms with van der Waals surface area (Å²) in [5.74, 6) is 0.170. The van der Waals surface area contributed by atoms with Crippen molar-refractivity contribution in [3.8, 4) is 22.9 Å². The van der Waals surface area contributed by atoms with Crippen LogP contribution in [0.3, 0.4) is 0 Å². The Kier molecular flexibility index (Phi) is 8.19. The molecule has 1 saturated heterocycles. The highest BCUT2D eigenvalue weighted by atomic mass is 32.2. The van der Waals surface area contributed by atoms with Gasteiger partial charge in [-0.15, -0.1) is 11.3 Å². The third kappa shape index (κ3) is 6.58. The predicted molar refractivity (Wildman–Crippen MR) is 167 cm³/mol. The molecule has 0 spiro atoms. The minimum absolute atomic E-state index is 0.153. The van der Waals surface area contributed by atoms with Crippen LogP contribution in [0.1, 0.15) is 29.1 Å². The van der Waals surface area contributed by atoms with E-state index in [-0.39, 0.29) is 17.5 Å². The molecule has 222 valence electrons. The van der Waals surface area contributed by atoms with Crippen molar-refractivity contribution in [2.45, 2.75) is 38.5 Å². The van der Waals surface area contributed by atoms with Crippen LogP contribution in [0.2, 0.25) is 0 Å². The van der Waals surface area contributed by atoms with Gasteiger partial charge >= 0.3 is 0 Å². The molecule has 10 nitrogen and oxygen atoms in total. The van der Waals surface area contributed by atoms with Crippen LogP contribution in [0.5, 0.6) is 11.6 Å². The van der Waals surface area contributed by atoms with Crippen LogP contribution in [-0.2, 0) is 15.8 Å². The monoisotopic (exact) mass is 619 g/mol. The number of fused-ring (bicyclic) bond motifs is 1. The zero-order valence-electron chi connectivity index (χ0n) is 23.6. The molecule has 0 unspecified atom stereocenters. The number of benzene rings is 2. The second-order valence-corrected chi connectivity index (χ2v) is 13.1. The van der Waals surface area contributed by atoms with E-state index in [2.05, 4.69) is 30.3 Å². The second-order valence-electron chi connectivity index (χ2n) is 10.4. The fraction of sp³-hybridized carbons (Fsp3) is 0.267. The van der Waals surface area contributed by atoms with E-state index in [0.29, 0.717) is 45.3 Å². The zero-order chi connectivity index (χ0) is 30.0. The summed E-state index contributed by atoms with van der Waals surface area (Å²) in [6.07, 6.45) is 5.42. The summed E-state index contributed by atoms with van der Waals surface area (Å²) in [6.45, 7) is 5.51. The first kappa shape index (κ1) is 28.9. The second kappa shape index (κ2) is 12.2. The number of piperidine rings is 1. The molecule has 4 heterocycles. The Labute approximate surface area is 252 Å². The Bertz CT molecular complexity index is 1890. The number of pyridine rings is 1. The first-order chi connectivity index (χ1) is 20.8. The van der Waals surface area contributed by atoms with Gasteiger partial charge in [-0.25, -0.2) is 32.7 Å². The first-order valence-electron chi connectivity index (χ1n) is 13.8. The topological polar surface area (TPSA) is 131 Å². The smallest absolute Gasteiger partial charge is 0.238 e. The molecule has 1 aliphatic heterocycles. The lowest BCUT2D eigenvalue weighted by molar-refractivity contribution is 0.466. The van der Waals surface area contributed by atoms with Crippen LogP contribution in [0, 0.1) is 19.7 Å². The van der Waals surface area contributed by atoms with Gasteiger partial charge in [0.05, 0.1) is 27.6 Å². The molecule has 6 rings (SSSR count). The van der Waals surface area contributed by atoms with E-state index in [4.69, 9.17) is 9.72 Å². The van der Waals surface area contributed by atoms with Crippen LogP contribution in [-0.4, -0.2) is 47.5 Å². The number of halogens is 1. The van der Waals surface area contributed by atoms with Crippen LogP contribution in [0.15, 0.2) is 60.2 Å². The van der Waals surface area contributed by atoms with Crippen molar-refractivity contribution in [2.24, 2.45) is 0 Å². The molecule has 5 aromatic rings. The van der Waals surface area contributed by atoms with Gasteiger partial charge in [-0.2, -0.15) is 0 Å². The Morgan fingerprint density at radius 1 is 1.07 bits per heavy atom. The number of ether oxygens (including phenoxy) is 1. The Morgan fingerprint density at radius 2 is 1.93 bits per heavy atom. The number of sulfonamides is 1. The number of rotatable bonds is 9. The highest BCUT2D eigenvalue weighted by Crippen LogP contribution is 2.39. The van der Waals surface area contributed by atoms with Crippen molar-refractivity contribution in [3.63, 3.8) is 0 Å². The highest BCUT2D eigenvalue weighted by molar-refractivity contribution is 7.91. The van der Waals surface area contributed by atoms with Crippen molar-refractivity contribution >= 4 is 43.8 Å². The Hall–Kier alpha value is -4.20. The molecular weight excluding hydrogens is 590 g/mol. The summed E-state index contributed by atoms with van der Waals surface area (Å²) in [6, 6.07) is 11.9. The fourth-order valence-corrected chi connectivity index (χ4v) is 6.91. The van der Waals surface area contributed by atoms with Crippen LogP contribution >= 0.6 is 11.3 Å². The molecule has 3 aromatic heterocycles. The molecule has 1 aliphatic rings. The van der Waals surface area contributed by atoms with Gasteiger partial charge in [0.2, 0.25) is 21.9 Å². The number of aromatic nitrogens is 4. The van der Waals surface area contributed by atoms with Crippen molar-refractivity contribution < 1.29 is 17.5 Å². The van der Waals surface area contributed by atoms with E-state index in [1.165, 1.54) is 17.4 Å². The molecule has 0 radical (unpaired) electrons. The van der Waals surface area contributed by atoms with E-state index in [1.54, 1.807) is 55.0 Å². The molecule has 2 aromatic carbocycles. The Balaban J connectivity index is 1.33. The van der Waals surface area contributed by atoms with Gasteiger partial charge in [-0.3, -0.25) is 4.72 Å². The van der Waals surface area contributed by atoms with Crippen molar-refractivity contribution in [1.29, 1.82) is 0 Å². The quantitative estimate of drug-likeness (QED) is 0.187. The van der Waals surface area contributed by atoms with Crippen LogP contribution < -0.4 is 20.1 Å². The molecule has 1 atom stereocenters. The van der Waals surface area contributed by atoms with E-state index in [1.807, 2.05) is 13.0 Å². The van der Waals surface area contributed by atoms with Crippen molar-refractivity contribution in [3.05, 3.63) is 82.3 Å². The number of nitrogens with zero attached hydrogens (tertiary/aromatic N) is 4. The van der Waals surface area contributed by atoms with Gasteiger partial charge in [0.15, 0.2) is 0 Å². The van der Waals surface area contributed by atoms with Gasteiger partial charge in [-0.1, -0.05) is 12.1 Å². The number of anilines is 2. The lowest BCUT2D eigenvalue weighted by Gasteiger charge is -2.23. The van der Waals surface area contributed by atoms with Gasteiger partial charge in [0.1, 0.15) is 17.3 Å². The van der Waals surface area contributed by atoms with Crippen LogP contribution in [0.4, 0.5) is 16.0 Å². The van der Waals surface area contributed by atoms with E-state index in [9.17, 15) is 8.42 Å². The van der Waals surface area contributed by atoms with Gasteiger partial charge in [0.25, 0.3) is 0 Å². The summed E-state index contributed by atoms with van der Waals surface area (Å²) >= 11 is 1.36. The first-order valence-corrected chi connectivity index (χ1v) is 16.4. The number of thiazole rings is 1. The summed E-state index contributed by atoms with van der Waals surface area (Å²) < 4.78 is 50.0. The lowest BCUT2D eigenvalue weighted by atomic mass is 10.0. The molecule has 3 N–H and O–H groups in total. The molecule has 13 heteroatoms. The normalized spacial score (nSPS) is 15.4. The molecular formula is C30H30FN7O3S2. The molecule has 0 amide bonds. The maximum absolute atomic E-state index is 15.1. The highest BCUT2D eigenvalue weighted by Gasteiger charge is 2.21. The summed E-state index contributed by atoms with van der Waals surface area (Å²) in [7, 11) is -3.95. The number of hydrogen-bond donors (Lipinski definition) is 3. The summed E-state index contributed by atoms with van der Waals surface area (Å²) in [4.78, 5) is 17.8. The molecule has 1 fully saturated rings. The standard InChI is InChI=1S/C30H30FN7O3S2/c1-18-7-8-22-23(9-10-25(31)27(22)38-43(39,40)17-21-16-42-19(2)35-21)28(18)41-29-24(6-4-13-33-29)26-11-14-34-30(37-26)36-20-5-3-12-32-15-20/h4,6-11,13-14,16,20,32,38H,3,5,12,15,17H2,1-2H3,(H,34,36,37)/t20-/m1/s1. The van der Waals surface area contributed by atoms with E-state index >= 15 is 4.39 Å². The van der Waals surface area contributed by atoms with Gasteiger partial charge < -0.3 is 15.4 Å². The number of hydrogen-bond acceptors (Lipinski definition) is 10. The minimum atomic E-state index is -3.95. The third-order valence-corrected chi connectivity index (χ3v) is 9.10. The van der Waals surface area contributed by atoms with E-state index in [0.717, 1.165) is 36.5 Å². The van der Waals surface area contributed by atoms with E-state index < -0.39 is 15.8 Å². The average molecular weight is 620 g/mol. The predicted octanol–water partition coefficient (Wildman–Crippen LogP) is 5.80. The average Bonchev–Trinajstić information content (AvgIpc) is 3.40. The largest absolute Gasteiger partial charge is 0.437 e.